The van der Waals surface area contributed by atoms with Crippen LogP contribution in [-0.2, 0) is 20.1 Å². The summed E-state index contributed by atoms with van der Waals surface area (Å²) in [6, 6.07) is 0.809. The molecule has 0 spiro atoms. The summed E-state index contributed by atoms with van der Waals surface area (Å²) in [5, 5.41) is 22.2. The molecule has 0 saturated carbocycles. The third-order valence-corrected chi connectivity index (χ3v) is 17.6. The smallest absolute Gasteiger partial charge is 0.336 e. The first-order valence-electron chi connectivity index (χ1n) is 13.4. The van der Waals surface area contributed by atoms with Crippen molar-refractivity contribution in [1.29, 1.82) is 0 Å². The van der Waals surface area contributed by atoms with Crippen molar-refractivity contribution >= 4 is 46.2 Å². The maximum Gasteiger partial charge on any atom is 0.336 e. The Morgan fingerprint density at radius 3 is 1.85 bits per heavy atom. The van der Waals surface area contributed by atoms with Gasteiger partial charge in [0.15, 0.2) is 0 Å². The summed E-state index contributed by atoms with van der Waals surface area (Å²) < 4.78 is 18.1. The summed E-state index contributed by atoms with van der Waals surface area (Å²) in [7, 11) is -3.49. The third kappa shape index (κ3) is 8.99. The first kappa shape index (κ1) is 36.0. The van der Waals surface area contributed by atoms with Gasteiger partial charge >= 0.3 is 11.9 Å². The Balaban J connectivity index is 3.66. The molecule has 1 rings (SSSR count). The number of aliphatic hydroxyl groups excluding tert-OH is 1. The fourth-order valence-corrected chi connectivity index (χ4v) is 6.32. The van der Waals surface area contributed by atoms with Crippen LogP contribution in [0.4, 0.5) is 0 Å². The van der Waals surface area contributed by atoms with Crippen LogP contribution in [0.1, 0.15) is 70.0 Å². The van der Waals surface area contributed by atoms with Crippen molar-refractivity contribution in [3.05, 3.63) is 22.8 Å². The van der Waals surface area contributed by atoms with E-state index in [4.69, 9.17) is 13.6 Å². The Hall–Kier alpha value is -2.03. The van der Waals surface area contributed by atoms with Crippen molar-refractivity contribution in [3.63, 3.8) is 0 Å². The number of amides is 1. The van der Waals surface area contributed by atoms with Crippen LogP contribution in [0.25, 0.3) is 0 Å². The summed E-state index contributed by atoms with van der Waals surface area (Å²) in [5.41, 5.74) is 1.12. The molecule has 0 saturated heterocycles. The Bertz CT molecular complexity index is 1090. The molecule has 0 aliphatic carbocycles. The number of aromatic carboxylic acids is 1. The first-order valence-corrected chi connectivity index (χ1v) is 20.4. The molecule has 0 aliphatic heterocycles. The summed E-state index contributed by atoms with van der Waals surface area (Å²) in [6.07, 6.45) is -1.29. The quantitative estimate of drug-likeness (QED) is 0.199. The lowest BCUT2D eigenvalue weighted by Crippen LogP contribution is -2.46. The molecule has 0 radical (unpaired) electrons. The summed E-state index contributed by atoms with van der Waals surface area (Å²) in [4.78, 5) is 37.0. The number of methoxy groups -OCH3 is 1. The molecule has 1 amide bonds. The number of carboxylic acids is 1. The Labute approximate surface area is 246 Å². The summed E-state index contributed by atoms with van der Waals surface area (Å²) in [5.74, 6) is -1.20. The standard InChI is InChI=1S/C28H49NO8SSi2/c1-17-21(36-39(10,11)27(3,4)5)14-22(37-40(12,13)28(6,7)8)19(23(17)25(32)33)15-38-16-20(26(34)35-9)29-24(31)18(2)30/h14,18,20,30H,15-16H2,1-13H3,(H,29,31)(H,32,33)/t18-,20-/m0/s1. The van der Waals surface area contributed by atoms with E-state index in [0.717, 1.165) is 0 Å². The fraction of sp³-hybridized carbons (Fsp3) is 0.679. The number of carbonyl (C=O) groups is 3. The molecule has 12 heteroatoms. The molecule has 1 aromatic rings. The monoisotopic (exact) mass is 615 g/mol. The Morgan fingerprint density at radius 2 is 1.45 bits per heavy atom. The Kier molecular flexibility index (Phi) is 12.0. The van der Waals surface area contributed by atoms with Crippen LogP contribution in [0.3, 0.4) is 0 Å². The number of rotatable bonds is 12. The van der Waals surface area contributed by atoms with Gasteiger partial charge in [-0.1, -0.05) is 41.5 Å². The van der Waals surface area contributed by atoms with Crippen molar-refractivity contribution in [1.82, 2.24) is 5.32 Å². The second kappa shape index (κ2) is 13.3. The SMILES string of the molecule is COC(=O)[C@H](CSCc1c(O[Si](C)(C)C(C)(C)C)cc(O[Si](C)(C)C(C)(C)C)c(C)c1C(=O)O)NC(=O)[C@H](C)O. The van der Waals surface area contributed by atoms with E-state index >= 15 is 0 Å². The number of thioether (sulfide) groups is 1. The highest BCUT2D eigenvalue weighted by atomic mass is 32.2. The van der Waals surface area contributed by atoms with Crippen LogP contribution < -0.4 is 14.2 Å². The van der Waals surface area contributed by atoms with Gasteiger partial charge in [0.25, 0.3) is 0 Å². The normalized spacial score (nSPS) is 14.2. The molecule has 0 unspecified atom stereocenters. The highest BCUT2D eigenvalue weighted by molar-refractivity contribution is 7.98. The van der Waals surface area contributed by atoms with Crippen molar-refractivity contribution in [2.24, 2.45) is 0 Å². The maximum atomic E-state index is 12.7. The zero-order valence-corrected chi connectivity index (χ0v) is 29.2. The molecule has 0 bridgehead atoms. The zero-order valence-electron chi connectivity index (χ0n) is 26.4. The van der Waals surface area contributed by atoms with Gasteiger partial charge in [-0.05, 0) is 50.1 Å². The number of hydrogen-bond donors (Lipinski definition) is 3. The molecule has 2 atom stereocenters. The van der Waals surface area contributed by atoms with Gasteiger partial charge < -0.3 is 29.1 Å². The molecular formula is C28H49NO8SSi2. The van der Waals surface area contributed by atoms with Gasteiger partial charge in [0.1, 0.15) is 23.6 Å². The van der Waals surface area contributed by atoms with E-state index in [1.165, 1.54) is 25.8 Å². The van der Waals surface area contributed by atoms with Crippen LogP contribution in [0.5, 0.6) is 11.5 Å². The van der Waals surface area contributed by atoms with Crippen LogP contribution in [-0.4, -0.2) is 69.7 Å². The lowest BCUT2D eigenvalue weighted by molar-refractivity contribution is -0.145. The highest BCUT2D eigenvalue weighted by Crippen LogP contribution is 2.44. The molecule has 40 heavy (non-hydrogen) atoms. The maximum absolute atomic E-state index is 12.7. The number of nitrogens with one attached hydrogen (secondary N) is 1. The fourth-order valence-electron chi connectivity index (χ4n) is 3.16. The largest absolute Gasteiger partial charge is 0.543 e. The van der Waals surface area contributed by atoms with E-state index in [-0.39, 0.29) is 27.1 Å². The van der Waals surface area contributed by atoms with Crippen molar-refractivity contribution < 1.29 is 38.2 Å². The first-order chi connectivity index (χ1) is 18.0. The second-order valence-corrected chi connectivity index (χ2v) is 23.6. The molecular weight excluding hydrogens is 567 g/mol. The van der Waals surface area contributed by atoms with Gasteiger partial charge in [0.05, 0.1) is 12.7 Å². The number of aliphatic hydroxyl groups is 1. The van der Waals surface area contributed by atoms with Gasteiger partial charge in [-0.25, -0.2) is 9.59 Å². The minimum Gasteiger partial charge on any atom is -0.543 e. The summed E-state index contributed by atoms with van der Waals surface area (Å²) in [6.45, 7) is 24.2. The topological polar surface area (TPSA) is 131 Å². The molecule has 9 nitrogen and oxygen atoms in total. The molecule has 0 heterocycles. The van der Waals surface area contributed by atoms with Crippen molar-refractivity contribution in [2.45, 2.75) is 110 Å². The third-order valence-electron chi connectivity index (χ3n) is 7.88. The predicted molar refractivity (Wildman–Crippen MR) is 166 cm³/mol. The number of carboxylic acid groups (broad SMARTS) is 1. The van der Waals surface area contributed by atoms with Gasteiger partial charge in [-0.2, -0.15) is 11.8 Å². The van der Waals surface area contributed by atoms with Crippen molar-refractivity contribution in [3.8, 4) is 11.5 Å². The predicted octanol–water partition coefficient (Wildman–Crippen LogP) is 5.73. The van der Waals surface area contributed by atoms with Gasteiger partial charge in [0, 0.05) is 28.7 Å². The molecule has 0 fully saturated rings. The minimum atomic E-state index is -2.39. The lowest BCUT2D eigenvalue weighted by atomic mass is 10.0. The summed E-state index contributed by atoms with van der Waals surface area (Å²) >= 11 is 1.27. The molecule has 3 N–H and O–H groups in total. The van der Waals surface area contributed by atoms with E-state index in [1.54, 1.807) is 6.92 Å². The van der Waals surface area contributed by atoms with Crippen molar-refractivity contribution in [2.75, 3.05) is 12.9 Å². The van der Waals surface area contributed by atoms with E-state index in [9.17, 15) is 24.6 Å². The van der Waals surface area contributed by atoms with Crippen LogP contribution >= 0.6 is 11.8 Å². The van der Waals surface area contributed by atoms with Gasteiger partial charge in [-0.15, -0.1) is 0 Å². The minimum absolute atomic E-state index is 0.1000. The molecule has 0 aromatic heterocycles. The van der Waals surface area contributed by atoms with Crippen LogP contribution in [0.2, 0.25) is 36.3 Å². The number of hydrogen-bond acceptors (Lipinski definition) is 8. The van der Waals surface area contributed by atoms with E-state index in [1.807, 2.05) is 6.07 Å². The van der Waals surface area contributed by atoms with Crippen LogP contribution in [0.15, 0.2) is 6.07 Å². The number of ether oxygens (including phenoxy) is 1. The van der Waals surface area contributed by atoms with E-state index < -0.39 is 46.6 Å². The molecule has 1 aromatic carbocycles. The van der Waals surface area contributed by atoms with E-state index in [2.05, 4.69) is 73.0 Å². The Morgan fingerprint density at radius 1 is 0.975 bits per heavy atom. The number of benzene rings is 1. The lowest BCUT2D eigenvalue weighted by Gasteiger charge is -2.39. The average molecular weight is 616 g/mol. The zero-order chi connectivity index (χ0) is 31.4. The highest BCUT2D eigenvalue weighted by Gasteiger charge is 2.42. The average Bonchev–Trinajstić information content (AvgIpc) is 2.78. The van der Waals surface area contributed by atoms with Crippen LogP contribution in [0, 0.1) is 6.92 Å². The van der Waals surface area contributed by atoms with E-state index in [0.29, 0.717) is 22.6 Å². The molecule has 0 aliphatic rings. The van der Waals surface area contributed by atoms with Gasteiger partial charge in [-0.3, -0.25) is 4.79 Å². The number of esters is 1. The molecule has 228 valence electrons. The van der Waals surface area contributed by atoms with Gasteiger partial charge in [0.2, 0.25) is 22.5 Å². The number of carbonyl (C=O) groups excluding carboxylic acids is 2. The second-order valence-electron chi connectivity index (χ2n) is 13.2.